The fourth-order valence-electron chi connectivity index (χ4n) is 2.50. The molecule has 1 heterocycles. The van der Waals surface area contributed by atoms with Crippen LogP contribution in [0.3, 0.4) is 0 Å². The maximum absolute atomic E-state index is 14.2. The number of hydrogen-bond acceptors (Lipinski definition) is 2. The Balaban J connectivity index is 2.18. The van der Waals surface area contributed by atoms with E-state index in [1.54, 1.807) is 31.5 Å². The van der Waals surface area contributed by atoms with Gasteiger partial charge in [-0.05, 0) is 29.5 Å². The van der Waals surface area contributed by atoms with Crippen molar-refractivity contribution in [3.05, 3.63) is 77.4 Å². The minimum Gasteiger partial charge on any atom is -0.320 e. The van der Waals surface area contributed by atoms with E-state index in [2.05, 4.69) is 4.98 Å². The Bertz CT molecular complexity index is 763. The minimum absolute atomic E-state index is 0.231. The summed E-state index contributed by atoms with van der Waals surface area (Å²) in [6.07, 6.45) is 3.52. The molecule has 0 saturated carbocycles. The highest BCUT2D eigenvalue weighted by molar-refractivity contribution is 5.85. The van der Waals surface area contributed by atoms with Crippen molar-refractivity contribution in [2.75, 3.05) is 0 Å². The van der Waals surface area contributed by atoms with Gasteiger partial charge in [0.05, 0.1) is 6.04 Å². The third-order valence-corrected chi connectivity index (χ3v) is 3.61. The predicted molar refractivity (Wildman–Crippen MR) is 78.9 cm³/mol. The predicted octanol–water partition coefficient (Wildman–Crippen LogP) is 3.73. The van der Waals surface area contributed by atoms with E-state index >= 15 is 0 Å². The van der Waals surface area contributed by atoms with Crippen LogP contribution in [0.15, 0.2) is 54.9 Å². The molecule has 1 unspecified atom stereocenters. The van der Waals surface area contributed by atoms with Gasteiger partial charge in [-0.3, -0.25) is 4.98 Å². The molecule has 0 radical (unpaired) electrons. The van der Waals surface area contributed by atoms with Crippen LogP contribution in [0.1, 0.15) is 22.7 Å². The number of aryl methyl sites for hydroxylation is 1. The molecule has 0 bridgehead atoms. The minimum atomic E-state index is -0.485. The highest BCUT2D eigenvalue weighted by atomic mass is 19.1. The second-order valence-electron chi connectivity index (χ2n) is 4.90. The van der Waals surface area contributed by atoms with Gasteiger partial charge in [0.25, 0.3) is 0 Å². The molecule has 0 spiro atoms. The van der Waals surface area contributed by atoms with Gasteiger partial charge in [0, 0.05) is 23.3 Å². The summed E-state index contributed by atoms with van der Waals surface area (Å²) in [5.74, 6) is -0.231. The number of fused-ring (bicyclic) bond motifs is 1. The first-order valence-corrected chi connectivity index (χ1v) is 6.51. The lowest BCUT2D eigenvalue weighted by Gasteiger charge is -2.16. The van der Waals surface area contributed by atoms with Gasteiger partial charge < -0.3 is 5.73 Å². The molecule has 0 aliphatic heterocycles. The van der Waals surface area contributed by atoms with E-state index in [9.17, 15) is 4.39 Å². The van der Waals surface area contributed by atoms with Crippen molar-refractivity contribution in [2.45, 2.75) is 13.0 Å². The second-order valence-corrected chi connectivity index (χ2v) is 4.90. The summed E-state index contributed by atoms with van der Waals surface area (Å²) in [7, 11) is 0. The molecule has 2 N–H and O–H groups in total. The van der Waals surface area contributed by atoms with Gasteiger partial charge >= 0.3 is 0 Å². The molecule has 1 aromatic heterocycles. The standard InChI is InChI=1S/C17H15FN2/c1-11-4-2-7-15(16(11)18)17(19)14-6-3-5-12-10-20-9-8-13(12)14/h2-10,17H,19H2,1H3. The summed E-state index contributed by atoms with van der Waals surface area (Å²) in [5, 5.41) is 2.02. The molecule has 3 rings (SSSR count). The summed E-state index contributed by atoms with van der Waals surface area (Å²) in [5.41, 5.74) is 8.34. The zero-order valence-corrected chi connectivity index (χ0v) is 11.2. The fourth-order valence-corrected chi connectivity index (χ4v) is 2.50. The Morgan fingerprint density at radius 1 is 1.05 bits per heavy atom. The summed E-state index contributed by atoms with van der Waals surface area (Å²) in [6.45, 7) is 1.75. The van der Waals surface area contributed by atoms with Gasteiger partial charge in [0.15, 0.2) is 0 Å². The number of hydrogen-bond donors (Lipinski definition) is 1. The maximum atomic E-state index is 14.2. The van der Waals surface area contributed by atoms with E-state index in [0.29, 0.717) is 11.1 Å². The first-order chi connectivity index (χ1) is 9.68. The summed E-state index contributed by atoms with van der Waals surface area (Å²) < 4.78 is 14.2. The molecule has 0 fully saturated rings. The molecule has 0 amide bonds. The lowest BCUT2D eigenvalue weighted by atomic mass is 9.94. The lowest BCUT2D eigenvalue weighted by Crippen LogP contribution is -2.14. The van der Waals surface area contributed by atoms with Crippen molar-refractivity contribution in [1.82, 2.24) is 4.98 Å². The Labute approximate surface area is 117 Å². The average molecular weight is 266 g/mol. The zero-order chi connectivity index (χ0) is 14.1. The molecule has 1 atom stereocenters. The fraction of sp³-hybridized carbons (Fsp3) is 0.118. The zero-order valence-electron chi connectivity index (χ0n) is 11.2. The number of pyridine rings is 1. The Morgan fingerprint density at radius 3 is 2.65 bits per heavy atom. The number of nitrogens with two attached hydrogens (primary N) is 1. The third-order valence-electron chi connectivity index (χ3n) is 3.61. The number of aromatic nitrogens is 1. The van der Waals surface area contributed by atoms with Crippen molar-refractivity contribution in [1.29, 1.82) is 0 Å². The maximum Gasteiger partial charge on any atom is 0.131 e. The largest absolute Gasteiger partial charge is 0.320 e. The third kappa shape index (κ3) is 2.06. The molecule has 100 valence electrons. The van der Waals surface area contributed by atoms with Crippen LogP contribution in [0.4, 0.5) is 4.39 Å². The van der Waals surface area contributed by atoms with Crippen LogP contribution < -0.4 is 5.73 Å². The van der Waals surface area contributed by atoms with Crippen LogP contribution in [-0.2, 0) is 0 Å². The highest BCUT2D eigenvalue weighted by Gasteiger charge is 2.16. The monoisotopic (exact) mass is 266 g/mol. The average Bonchev–Trinajstić information content (AvgIpc) is 2.49. The van der Waals surface area contributed by atoms with Gasteiger partial charge in [-0.2, -0.15) is 0 Å². The second kappa shape index (κ2) is 5.02. The Kier molecular flexibility index (Phi) is 3.20. The topological polar surface area (TPSA) is 38.9 Å². The molecule has 0 saturated heterocycles. The van der Waals surface area contributed by atoms with E-state index < -0.39 is 6.04 Å². The Morgan fingerprint density at radius 2 is 1.80 bits per heavy atom. The van der Waals surface area contributed by atoms with Crippen molar-refractivity contribution in [2.24, 2.45) is 5.73 Å². The van der Waals surface area contributed by atoms with Gasteiger partial charge in [-0.25, -0.2) is 4.39 Å². The molecule has 3 heteroatoms. The van der Waals surface area contributed by atoms with Crippen molar-refractivity contribution in [3.63, 3.8) is 0 Å². The summed E-state index contributed by atoms with van der Waals surface area (Å²) >= 11 is 0. The molecule has 2 nitrogen and oxygen atoms in total. The number of rotatable bonds is 2. The van der Waals surface area contributed by atoms with Crippen LogP contribution in [-0.4, -0.2) is 4.98 Å². The van der Waals surface area contributed by atoms with E-state index in [4.69, 9.17) is 5.73 Å². The quantitative estimate of drug-likeness (QED) is 0.767. The van der Waals surface area contributed by atoms with Crippen LogP contribution in [0, 0.1) is 12.7 Å². The van der Waals surface area contributed by atoms with Gasteiger partial charge in [0.1, 0.15) is 5.82 Å². The van der Waals surface area contributed by atoms with Gasteiger partial charge in [-0.1, -0.05) is 36.4 Å². The Hall–Kier alpha value is -2.26. The summed E-state index contributed by atoms with van der Waals surface area (Å²) in [6, 6.07) is 12.6. The SMILES string of the molecule is Cc1cccc(C(N)c2cccc3cnccc23)c1F. The van der Waals surface area contributed by atoms with Crippen molar-refractivity contribution >= 4 is 10.8 Å². The molecular formula is C17H15FN2. The lowest BCUT2D eigenvalue weighted by molar-refractivity contribution is 0.591. The van der Waals surface area contributed by atoms with Crippen LogP contribution in [0.2, 0.25) is 0 Å². The summed E-state index contributed by atoms with van der Waals surface area (Å²) in [4.78, 5) is 4.10. The van der Waals surface area contributed by atoms with Crippen molar-refractivity contribution in [3.8, 4) is 0 Å². The number of nitrogens with zero attached hydrogens (tertiary/aromatic N) is 1. The van der Waals surface area contributed by atoms with Crippen LogP contribution in [0.25, 0.3) is 10.8 Å². The van der Waals surface area contributed by atoms with Crippen molar-refractivity contribution < 1.29 is 4.39 Å². The van der Waals surface area contributed by atoms with Crippen LogP contribution in [0.5, 0.6) is 0 Å². The first kappa shape index (κ1) is 12.8. The van der Waals surface area contributed by atoms with Gasteiger partial charge in [0.2, 0.25) is 0 Å². The molecule has 0 aliphatic rings. The highest BCUT2D eigenvalue weighted by Crippen LogP contribution is 2.29. The molecule has 3 aromatic rings. The molecule has 2 aromatic carbocycles. The first-order valence-electron chi connectivity index (χ1n) is 6.51. The normalized spacial score (nSPS) is 12.6. The molecular weight excluding hydrogens is 251 g/mol. The number of benzene rings is 2. The van der Waals surface area contributed by atoms with Gasteiger partial charge in [-0.15, -0.1) is 0 Å². The van der Waals surface area contributed by atoms with Crippen LogP contribution >= 0.6 is 0 Å². The van der Waals surface area contributed by atoms with E-state index in [-0.39, 0.29) is 5.82 Å². The number of halogens is 1. The smallest absolute Gasteiger partial charge is 0.131 e. The van der Waals surface area contributed by atoms with E-state index in [0.717, 1.165) is 16.3 Å². The van der Waals surface area contributed by atoms with E-state index in [1.165, 1.54) is 0 Å². The van der Waals surface area contributed by atoms with E-state index in [1.807, 2.05) is 30.3 Å². The molecule has 20 heavy (non-hydrogen) atoms. The molecule has 0 aliphatic carbocycles.